The van der Waals surface area contributed by atoms with Crippen LogP contribution < -0.4 is 16.4 Å². The van der Waals surface area contributed by atoms with Crippen LogP contribution in [-0.2, 0) is 0 Å². The molecule has 148 valence electrons. The number of nitrogen functional groups attached to an aromatic ring is 1. The first-order chi connectivity index (χ1) is 13.9. The third-order valence-corrected chi connectivity index (χ3v) is 4.09. The largest absolute Gasteiger partial charge is 0.384 e. The predicted molar refractivity (Wildman–Crippen MR) is 110 cm³/mol. The Bertz CT molecular complexity index is 1170. The van der Waals surface area contributed by atoms with Gasteiger partial charge in [-0.3, -0.25) is 4.40 Å². The smallest absolute Gasteiger partial charge is 0.342 e. The van der Waals surface area contributed by atoms with Gasteiger partial charge in [-0.1, -0.05) is 6.07 Å². The number of nitrogens with one attached hydrogen (secondary N) is 2. The molecule has 0 spiro atoms. The summed E-state index contributed by atoms with van der Waals surface area (Å²) in [4.78, 5) is 25.4. The predicted octanol–water partition coefficient (Wildman–Crippen LogP) is 2.59. The van der Waals surface area contributed by atoms with Gasteiger partial charge < -0.3 is 16.4 Å². The zero-order valence-electron chi connectivity index (χ0n) is 16.3. The summed E-state index contributed by atoms with van der Waals surface area (Å²) in [7, 11) is 0. The highest BCUT2D eigenvalue weighted by atomic mass is 16.2. The third kappa shape index (κ3) is 3.72. The molecule has 0 bridgehead atoms. The normalized spacial score (nSPS) is 11.2. The van der Waals surface area contributed by atoms with Gasteiger partial charge in [0.25, 0.3) is 0 Å². The Morgan fingerprint density at radius 2 is 1.97 bits per heavy atom. The van der Waals surface area contributed by atoms with Crippen LogP contribution in [-0.4, -0.2) is 41.2 Å². The Morgan fingerprint density at radius 3 is 2.72 bits per heavy atom. The molecule has 0 saturated carbocycles. The van der Waals surface area contributed by atoms with E-state index in [9.17, 15) is 4.79 Å². The number of carbonyl (C=O) groups is 1. The Hall–Kier alpha value is -3.95. The van der Waals surface area contributed by atoms with E-state index in [2.05, 4.69) is 30.7 Å². The van der Waals surface area contributed by atoms with E-state index in [0.717, 1.165) is 11.3 Å². The molecule has 0 fully saturated rings. The van der Waals surface area contributed by atoms with Crippen molar-refractivity contribution in [2.24, 2.45) is 0 Å². The molecule has 10 heteroatoms. The Labute approximate surface area is 166 Å². The molecular formula is C19H21N9O. The number of hydrogen-bond donors (Lipinski definition) is 3. The van der Waals surface area contributed by atoms with Crippen LogP contribution in [0.5, 0.6) is 0 Å². The first kappa shape index (κ1) is 18.4. The number of amides is 1. The van der Waals surface area contributed by atoms with Crippen LogP contribution in [0, 0.1) is 6.92 Å². The van der Waals surface area contributed by atoms with Gasteiger partial charge in [0.2, 0.25) is 0 Å². The number of pyridine rings is 1. The van der Waals surface area contributed by atoms with Crippen molar-refractivity contribution < 1.29 is 4.79 Å². The number of fused-ring (bicyclic) bond motifs is 1. The van der Waals surface area contributed by atoms with Crippen molar-refractivity contribution in [2.45, 2.75) is 26.8 Å². The van der Waals surface area contributed by atoms with Crippen LogP contribution in [0.1, 0.15) is 19.7 Å². The second-order valence-corrected chi connectivity index (χ2v) is 6.84. The second-order valence-electron chi connectivity index (χ2n) is 6.84. The topological polar surface area (TPSA) is 128 Å². The zero-order valence-corrected chi connectivity index (χ0v) is 16.3. The maximum absolute atomic E-state index is 12.1. The van der Waals surface area contributed by atoms with Gasteiger partial charge in [0.05, 0.1) is 5.69 Å². The minimum atomic E-state index is -0.303. The highest BCUT2D eigenvalue weighted by Gasteiger charge is 2.18. The monoisotopic (exact) mass is 391 g/mol. The van der Waals surface area contributed by atoms with Crippen molar-refractivity contribution in [1.82, 2.24) is 34.4 Å². The van der Waals surface area contributed by atoms with Crippen molar-refractivity contribution in [3.05, 3.63) is 48.5 Å². The van der Waals surface area contributed by atoms with Gasteiger partial charge in [0.1, 0.15) is 23.0 Å². The summed E-state index contributed by atoms with van der Waals surface area (Å²) >= 11 is 0. The summed E-state index contributed by atoms with van der Waals surface area (Å²) in [6, 6.07) is 8.81. The molecule has 10 nitrogen and oxygen atoms in total. The number of hydrogen-bond acceptors (Lipinski definition) is 7. The van der Waals surface area contributed by atoms with Crippen molar-refractivity contribution in [2.75, 3.05) is 11.1 Å². The van der Waals surface area contributed by atoms with Crippen molar-refractivity contribution in [3.8, 4) is 11.4 Å². The van der Waals surface area contributed by atoms with Gasteiger partial charge in [-0.15, -0.1) is 5.10 Å². The number of carbonyl (C=O) groups excluding carboxylic acids is 1. The molecule has 1 amide bonds. The fourth-order valence-corrected chi connectivity index (χ4v) is 2.98. The van der Waals surface area contributed by atoms with Gasteiger partial charge in [-0.2, -0.15) is 4.68 Å². The Morgan fingerprint density at radius 1 is 1.14 bits per heavy atom. The fraction of sp³-hybridized carbons (Fsp3) is 0.211. The first-order valence-corrected chi connectivity index (χ1v) is 9.13. The summed E-state index contributed by atoms with van der Waals surface area (Å²) in [5, 5.41) is 10.3. The summed E-state index contributed by atoms with van der Waals surface area (Å²) in [5.74, 6) is 1.96. The number of nitrogens with two attached hydrogens (primary N) is 1. The molecule has 0 unspecified atom stereocenters. The van der Waals surface area contributed by atoms with Crippen LogP contribution in [0.2, 0.25) is 0 Å². The van der Waals surface area contributed by atoms with E-state index >= 15 is 0 Å². The summed E-state index contributed by atoms with van der Waals surface area (Å²) < 4.78 is 3.15. The summed E-state index contributed by atoms with van der Waals surface area (Å²) in [6.07, 6.45) is 3.48. The lowest BCUT2D eigenvalue weighted by Crippen LogP contribution is -2.34. The fourth-order valence-electron chi connectivity index (χ4n) is 2.98. The van der Waals surface area contributed by atoms with Gasteiger partial charge in [0.15, 0.2) is 11.6 Å². The number of imidazole rings is 1. The van der Waals surface area contributed by atoms with Crippen LogP contribution in [0.3, 0.4) is 0 Å². The van der Waals surface area contributed by atoms with Gasteiger partial charge in [-0.05, 0) is 32.9 Å². The Balaban J connectivity index is 1.75. The number of rotatable bonds is 4. The molecule has 4 N–H and O–H groups in total. The van der Waals surface area contributed by atoms with E-state index in [1.807, 2.05) is 42.6 Å². The van der Waals surface area contributed by atoms with E-state index in [4.69, 9.17) is 5.73 Å². The second kappa shape index (κ2) is 7.23. The molecule has 0 aliphatic rings. The van der Waals surface area contributed by atoms with E-state index in [1.165, 1.54) is 4.68 Å². The lowest BCUT2D eigenvalue weighted by molar-refractivity contribution is 0.237. The average Bonchev–Trinajstić information content (AvgIpc) is 3.24. The zero-order chi connectivity index (χ0) is 20.5. The third-order valence-electron chi connectivity index (χ3n) is 4.09. The van der Waals surface area contributed by atoms with E-state index < -0.39 is 0 Å². The SMILES string of the molecule is Cc1nc(N)cc(-c2c(Nc3ccn(C(=O)NC(C)C)n3)nc3ccccn23)n1. The quantitative estimate of drug-likeness (QED) is 0.488. The molecular weight excluding hydrogens is 370 g/mol. The number of anilines is 3. The number of aromatic nitrogens is 6. The molecule has 0 aromatic carbocycles. The number of aryl methyl sites for hydroxylation is 1. The Kier molecular flexibility index (Phi) is 4.59. The van der Waals surface area contributed by atoms with Crippen LogP contribution >= 0.6 is 0 Å². The van der Waals surface area contributed by atoms with E-state index in [1.54, 1.807) is 25.3 Å². The standard InChI is InChI=1S/C19H21N9O/c1-11(2)21-19(29)28-9-7-15(26-28)24-18-17(13-10-14(20)23-12(3)22-13)27-8-5-4-6-16(27)25-18/h4-11H,1-3H3,(H,21,29)(H,24,26)(H2,20,22,23). The minimum absolute atomic E-state index is 0.0135. The molecule has 0 saturated heterocycles. The molecule has 4 aromatic rings. The lowest BCUT2D eigenvalue weighted by atomic mass is 10.2. The van der Waals surface area contributed by atoms with Crippen LogP contribution in [0.15, 0.2) is 42.7 Å². The minimum Gasteiger partial charge on any atom is -0.384 e. The van der Waals surface area contributed by atoms with Crippen molar-refractivity contribution in [3.63, 3.8) is 0 Å². The maximum atomic E-state index is 12.1. The summed E-state index contributed by atoms with van der Waals surface area (Å²) in [5.41, 5.74) is 8.01. The molecule has 4 heterocycles. The lowest BCUT2D eigenvalue weighted by Gasteiger charge is -2.08. The maximum Gasteiger partial charge on any atom is 0.342 e. The van der Waals surface area contributed by atoms with E-state index in [0.29, 0.717) is 29.0 Å². The van der Waals surface area contributed by atoms with Gasteiger partial charge >= 0.3 is 6.03 Å². The molecule has 29 heavy (non-hydrogen) atoms. The average molecular weight is 391 g/mol. The van der Waals surface area contributed by atoms with Crippen LogP contribution in [0.4, 0.5) is 22.2 Å². The molecule has 0 aliphatic carbocycles. The van der Waals surface area contributed by atoms with Crippen molar-refractivity contribution >= 4 is 29.1 Å². The highest BCUT2D eigenvalue weighted by molar-refractivity contribution is 5.79. The van der Waals surface area contributed by atoms with Gasteiger partial charge in [-0.25, -0.2) is 19.7 Å². The molecule has 4 rings (SSSR count). The van der Waals surface area contributed by atoms with E-state index in [-0.39, 0.29) is 12.1 Å². The highest BCUT2D eigenvalue weighted by Crippen LogP contribution is 2.30. The summed E-state index contributed by atoms with van der Waals surface area (Å²) in [6.45, 7) is 5.56. The molecule has 0 radical (unpaired) electrons. The van der Waals surface area contributed by atoms with Crippen LogP contribution in [0.25, 0.3) is 17.0 Å². The molecule has 4 aromatic heterocycles. The van der Waals surface area contributed by atoms with Gasteiger partial charge in [0, 0.05) is 30.6 Å². The molecule has 0 atom stereocenters. The first-order valence-electron chi connectivity index (χ1n) is 9.13. The van der Waals surface area contributed by atoms with Crippen molar-refractivity contribution in [1.29, 1.82) is 0 Å². The molecule has 0 aliphatic heterocycles. The number of nitrogens with zero attached hydrogens (tertiary/aromatic N) is 6.